The third kappa shape index (κ3) is 4.38. The van der Waals surface area contributed by atoms with E-state index in [-0.39, 0.29) is 6.10 Å². The highest BCUT2D eigenvalue weighted by Crippen LogP contribution is 2.28. The number of rotatable bonds is 7. The van der Waals surface area contributed by atoms with Crippen molar-refractivity contribution in [3.63, 3.8) is 0 Å². The summed E-state index contributed by atoms with van der Waals surface area (Å²) >= 11 is 0. The van der Waals surface area contributed by atoms with Gasteiger partial charge in [0.2, 0.25) is 0 Å². The zero-order valence-corrected chi connectivity index (χ0v) is 12.9. The fourth-order valence-corrected chi connectivity index (χ4v) is 5.61. The van der Waals surface area contributed by atoms with Gasteiger partial charge in [-0.05, 0) is 36.9 Å². The minimum atomic E-state index is -1.50. The van der Waals surface area contributed by atoms with Crippen LogP contribution in [0.5, 0.6) is 0 Å². The van der Waals surface area contributed by atoms with E-state index in [0.29, 0.717) is 12.5 Å². The Morgan fingerprint density at radius 1 is 1.06 bits per heavy atom. The molecule has 17 heavy (non-hydrogen) atoms. The fourth-order valence-electron chi connectivity index (χ4n) is 2.97. The van der Waals surface area contributed by atoms with E-state index in [4.69, 9.17) is 4.43 Å². The van der Waals surface area contributed by atoms with Crippen LogP contribution in [0, 0.1) is 5.92 Å². The maximum atomic E-state index is 10.2. The molecular formula is C14H30O2Si. The van der Waals surface area contributed by atoms with Crippen LogP contribution in [-0.2, 0) is 4.43 Å². The molecule has 0 aromatic rings. The van der Waals surface area contributed by atoms with Crippen LogP contribution in [0.4, 0.5) is 0 Å². The van der Waals surface area contributed by atoms with Crippen molar-refractivity contribution in [3.05, 3.63) is 0 Å². The Bertz CT molecular complexity index is 190. The van der Waals surface area contributed by atoms with E-state index in [1.807, 2.05) is 0 Å². The molecule has 0 aromatic carbocycles. The summed E-state index contributed by atoms with van der Waals surface area (Å²) < 4.78 is 6.18. The summed E-state index contributed by atoms with van der Waals surface area (Å²) in [6.07, 6.45) is 6.11. The van der Waals surface area contributed by atoms with Crippen LogP contribution in [-0.4, -0.2) is 26.1 Å². The van der Waals surface area contributed by atoms with Gasteiger partial charge in [0.15, 0.2) is 8.32 Å². The summed E-state index contributed by atoms with van der Waals surface area (Å²) in [7, 11) is -1.50. The lowest BCUT2D eigenvalue weighted by Crippen LogP contribution is -2.40. The lowest BCUT2D eigenvalue weighted by atomic mass is 9.85. The zero-order chi connectivity index (χ0) is 12.7. The van der Waals surface area contributed by atoms with Crippen molar-refractivity contribution in [1.29, 1.82) is 0 Å². The molecule has 0 heterocycles. The van der Waals surface area contributed by atoms with Gasteiger partial charge in [0.05, 0.1) is 12.7 Å². The van der Waals surface area contributed by atoms with Crippen molar-refractivity contribution >= 4 is 8.32 Å². The number of hydrogen-bond donors (Lipinski definition) is 1. The number of aliphatic hydroxyl groups is 1. The Balaban J connectivity index is 2.37. The molecule has 0 amide bonds. The molecule has 0 spiro atoms. The van der Waals surface area contributed by atoms with Gasteiger partial charge in [-0.3, -0.25) is 0 Å². The van der Waals surface area contributed by atoms with E-state index >= 15 is 0 Å². The molecule has 1 N–H and O–H groups in total. The van der Waals surface area contributed by atoms with E-state index in [0.717, 1.165) is 0 Å². The summed E-state index contributed by atoms with van der Waals surface area (Å²) in [5.41, 5.74) is 0. The molecule has 102 valence electrons. The van der Waals surface area contributed by atoms with Crippen molar-refractivity contribution < 1.29 is 9.53 Å². The van der Waals surface area contributed by atoms with Crippen molar-refractivity contribution in [2.75, 3.05) is 6.61 Å². The van der Waals surface area contributed by atoms with Gasteiger partial charge in [-0.15, -0.1) is 0 Å². The van der Waals surface area contributed by atoms with Crippen molar-refractivity contribution in [2.45, 2.75) is 77.1 Å². The van der Waals surface area contributed by atoms with E-state index in [1.54, 1.807) is 0 Å². The zero-order valence-electron chi connectivity index (χ0n) is 11.9. The van der Waals surface area contributed by atoms with E-state index in [9.17, 15) is 5.11 Å². The summed E-state index contributed by atoms with van der Waals surface area (Å²) in [4.78, 5) is 0. The van der Waals surface area contributed by atoms with Gasteiger partial charge in [0.25, 0.3) is 0 Å². The highest BCUT2D eigenvalue weighted by atomic mass is 28.4. The normalized spacial score (nSPS) is 20.5. The van der Waals surface area contributed by atoms with E-state index < -0.39 is 8.32 Å². The SMILES string of the molecule is CC[Si](CC)(CC)OC[C@@H](O)C1CCCCC1. The van der Waals surface area contributed by atoms with Crippen molar-refractivity contribution in [1.82, 2.24) is 0 Å². The Hall–Kier alpha value is 0.137. The van der Waals surface area contributed by atoms with Crippen LogP contribution in [0.15, 0.2) is 0 Å². The molecule has 1 atom stereocenters. The monoisotopic (exact) mass is 258 g/mol. The van der Waals surface area contributed by atoms with Gasteiger partial charge in [-0.2, -0.15) is 0 Å². The molecule has 0 radical (unpaired) electrons. The minimum Gasteiger partial charge on any atom is -0.414 e. The first kappa shape index (κ1) is 15.2. The second-order valence-electron chi connectivity index (χ2n) is 5.52. The third-order valence-corrected chi connectivity index (χ3v) is 9.33. The smallest absolute Gasteiger partial charge is 0.192 e. The first-order valence-corrected chi connectivity index (χ1v) is 10.0. The van der Waals surface area contributed by atoms with Gasteiger partial charge < -0.3 is 9.53 Å². The molecule has 0 aliphatic heterocycles. The third-order valence-electron chi connectivity index (χ3n) is 4.69. The molecule has 0 saturated heterocycles. The Kier molecular flexibility index (Phi) is 6.74. The Morgan fingerprint density at radius 3 is 2.06 bits per heavy atom. The summed E-state index contributed by atoms with van der Waals surface area (Å²) in [6, 6.07) is 3.53. The quantitative estimate of drug-likeness (QED) is 0.701. The lowest BCUT2D eigenvalue weighted by molar-refractivity contribution is 0.0374. The Morgan fingerprint density at radius 2 is 1.59 bits per heavy atom. The molecule has 1 saturated carbocycles. The summed E-state index contributed by atoms with van der Waals surface area (Å²) in [6.45, 7) is 7.32. The predicted octanol–water partition coefficient (Wildman–Crippen LogP) is 3.95. The van der Waals surface area contributed by atoms with Gasteiger partial charge in [-0.25, -0.2) is 0 Å². The maximum Gasteiger partial charge on any atom is 0.192 e. The molecule has 1 rings (SSSR count). The van der Waals surface area contributed by atoms with Crippen LogP contribution in [0.1, 0.15) is 52.9 Å². The van der Waals surface area contributed by atoms with Crippen molar-refractivity contribution in [3.8, 4) is 0 Å². The van der Waals surface area contributed by atoms with E-state index in [2.05, 4.69) is 20.8 Å². The van der Waals surface area contributed by atoms with Crippen LogP contribution >= 0.6 is 0 Å². The second kappa shape index (κ2) is 7.55. The number of hydrogen-bond acceptors (Lipinski definition) is 2. The van der Waals surface area contributed by atoms with Crippen LogP contribution in [0.2, 0.25) is 18.1 Å². The van der Waals surface area contributed by atoms with Crippen LogP contribution < -0.4 is 0 Å². The predicted molar refractivity (Wildman–Crippen MR) is 75.7 cm³/mol. The molecule has 3 heteroatoms. The minimum absolute atomic E-state index is 0.216. The molecule has 0 unspecified atom stereocenters. The first-order valence-electron chi connectivity index (χ1n) is 7.49. The largest absolute Gasteiger partial charge is 0.414 e. The molecule has 0 aromatic heterocycles. The number of aliphatic hydroxyl groups excluding tert-OH is 1. The highest BCUT2D eigenvalue weighted by molar-refractivity contribution is 6.73. The van der Waals surface area contributed by atoms with Gasteiger partial charge >= 0.3 is 0 Å². The van der Waals surface area contributed by atoms with Gasteiger partial charge in [0, 0.05) is 0 Å². The highest BCUT2D eigenvalue weighted by Gasteiger charge is 2.31. The van der Waals surface area contributed by atoms with Crippen molar-refractivity contribution in [2.24, 2.45) is 5.92 Å². The standard InChI is InChI=1S/C14H30O2Si/c1-4-17(5-2,6-3)16-12-14(15)13-10-8-7-9-11-13/h13-15H,4-12H2,1-3H3/t14-/m1/s1. The molecule has 2 nitrogen and oxygen atoms in total. The average Bonchev–Trinajstić information content (AvgIpc) is 2.41. The second-order valence-corrected chi connectivity index (χ2v) is 10.3. The molecule has 1 aliphatic carbocycles. The first-order chi connectivity index (χ1) is 8.17. The maximum absolute atomic E-state index is 10.2. The lowest BCUT2D eigenvalue weighted by Gasteiger charge is -2.32. The van der Waals surface area contributed by atoms with Gasteiger partial charge in [-0.1, -0.05) is 40.0 Å². The molecule has 0 bridgehead atoms. The van der Waals surface area contributed by atoms with Crippen LogP contribution in [0.25, 0.3) is 0 Å². The topological polar surface area (TPSA) is 29.5 Å². The Labute approximate surface area is 108 Å². The molecule has 1 fully saturated rings. The fraction of sp³-hybridized carbons (Fsp3) is 1.00. The summed E-state index contributed by atoms with van der Waals surface area (Å²) in [5, 5.41) is 10.2. The van der Waals surface area contributed by atoms with E-state index in [1.165, 1.54) is 50.2 Å². The van der Waals surface area contributed by atoms with Gasteiger partial charge in [0.1, 0.15) is 0 Å². The van der Waals surface area contributed by atoms with Crippen LogP contribution in [0.3, 0.4) is 0 Å². The molecule has 1 aliphatic rings. The molecular weight excluding hydrogens is 228 g/mol. The average molecular weight is 258 g/mol. The summed E-state index contributed by atoms with van der Waals surface area (Å²) in [5.74, 6) is 0.501.